The Balaban J connectivity index is 1.49. The number of nitrogens with one attached hydrogen (secondary N) is 2. The Hall–Kier alpha value is -2.72. The Morgan fingerprint density at radius 1 is 1.17 bits per heavy atom. The maximum absolute atomic E-state index is 13.3. The Labute approximate surface area is 171 Å². The van der Waals surface area contributed by atoms with Crippen LogP contribution in [0.2, 0.25) is 0 Å². The smallest absolute Gasteiger partial charge is 0.262 e. The lowest BCUT2D eigenvalue weighted by Gasteiger charge is -2.47. The molecule has 2 fully saturated rings. The fraction of sp³-hybridized carbons (Fsp3) is 0.500. The van der Waals surface area contributed by atoms with E-state index in [2.05, 4.69) is 10.6 Å². The zero-order valence-electron chi connectivity index (χ0n) is 16.2. The van der Waals surface area contributed by atoms with Gasteiger partial charge in [-0.2, -0.15) is 0 Å². The van der Waals surface area contributed by atoms with Crippen molar-refractivity contribution in [2.45, 2.75) is 44.2 Å². The van der Waals surface area contributed by atoms with Crippen LogP contribution in [0.1, 0.15) is 52.0 Å². The maximum atomic E-state index is 13.3. The highest BCUT2D eigenvalue weighted by Gasteiger charge is 2.55. The molecule has 1 unspecified atom stereocenters. The number of carbonyl (C=O) groups excluding carboxylic acids is 4. The molecule has 10 heteroatoms. The van der Waals surface area contributed by atoms with Crippen LogP contribution in [0.15, 0.2) is 18.2 Å². The van der Waals surface area contributed by atoms with Crippen molar-refractivity contribution in [3.63, 3.8) is 0 Å². The van der Waals surface area contributed by atoms with Gasteiger partial charge in [-0.15, -0.1) is 0 Å². The third-order valence-corrected chi connectivity index (χ3v) is 6.07. The summed E-state index contributed by atoms with van der Waals surface area (Å²) >= 11 is 0. The molecule has 0 aromatic heterocycles. The third-order valence-electron chi connectivity index (χ3n) is 6.07. The summed E-state index contributed by atoms with van der Waals surface area (Å²) in [5.74, 6) is -4.97. The molecule has 1 aliphatic carbocycles. The van der Waals surface area contributed by atoms with E-state index in [1.165, 1.54) is 6.07 Å². The first kappa shape index (κ1) is 20.5. The molecule has 0 bridgehead atoms. The van der Waals surface area contributed by atoms with Gasteiger partial charge in [0.25, 0.3) is 11.8 Å². The predicted octanol–water partition coefficient (Wildman–Crippen LogP) is 0.552. The number of nitrogens with zero attached hydrogens (tertiary/aromatic N) is 1. The molecule has 2 heterocycles. The van der Waals surface area contributed by atoms with Gasteiger partial charge in [0.05, 0.1) is 11.1 Å². The number of rotatable bonds is 6. The summed E-state index contributed by atoms with van der Waals surface area (Å²) in [6.07, 6.45) is -0.435. The quantitative estimate of drug-likeness (QED) is 0.578. The van der Waals surface area contributed by atoms with E-state index in [9.17, 15) is 28.0 Å². The second-order valence-electron chi connectivity index (χ2n) is 8.30. The minimum atomic E-state index is -2.69. The molecule has 4 N–H and O–H groups in total. The maximum Gasteiger partial charge on any atom is 0.262 e. The molecule has 1 saturated heterocycles. The predicted molar refractivity (Wildman–Crippen MR) is 100 cm³/mol. The number of hydrogen-bond donors (Lipinski definition) is 3. The standard InChI is InChI=1S/C20H22F2N4O4/c21-20(22)7-19(8-20,9-23)10-24-6-11-2-1-3-12-15(11)18(30)26(17(12)29)13-4-5-14(27)25-16(13)28/h1-3,13,24H,4-10,23H2,(H,25,27,28). The van der Waals surface area contributed by atoms with E-state index in [-0.39, 0.29) is 56.4 Å². The lowest BCUT2D eigenvalue weighted by molar-refractivity contribution is -0.155. The van der Waals surface area contributed by atoms with Crippen LogP contribution in [0.5, 0.6) is 0 Å². The van der Waals surface area contributed by atoms with Crippen molar-refractivity contribution in [1.29, 1.82) is 0 Å². The molecule has 30 heavy (non-hydrogen) atoms. The summed E-state index contributed by atoms with van der Waals surface area (Å²) in [6.45, 7) is 0.587. The first-order valence-electron chi connectivity index (χ1n) is 9.78. The largest absolute Gasteiger partial charge is 0.330 e. The lowest BCUT2D eigenvalue weighted by atomic mass is 9.66. The topological polar surface area (TPSA) is 122 Å². The van der Waals surface area contributed by atoms with E-state index in [4.69, 9.17) is 5.73 Å². The zero-order valence-corrected chi connectivity index (χ0v) is 16.2. The van der Waals surface area contributed by atoms with Gasteiger partial charge in [0.2, 0.25) is 17.7 Å². The Bertz CT molecular complexity index is 941. The summed E-state index contributed by atoms with van der Waals surface area (Å²) in [5, 5.41) is 5.24. The van der Waals surface area contributed by atoms with Crippen molar-refractivity contribution in [3.05, 3.63) is 34.9 Å². The minimum Gasteiger partial charge on any atom is -0.330 e. The van der Waals surface area contributed by atoms with Crippen LogP contribution >= 0.6 is 0 Å². The van der Waals surface area contributed by atoms with Crippen molar-refractivity contribution >= 4 is 23.6 Å². The molecular formula is C20H22F2N4O4. The number of carbonyl (C=O) groups is 4. The molecule has 2 aliphatic heterocycles. The van der Waals surface area contributed by atoms with Gasteiger partial charge in [0.15, 0.2) is 0 Å². The number of hydrogen-bond acceptors (Lipinski definition) is 6. The Morgan fingerprint density at radius 2 is 1.90 bits per heavy atom. The van der Waals surface area contributed by atoms with E-state index in [0.717, 1.165) is 4.90 Å². The monoisotopic (exact) mass is 420 g/mol. The number of benzene rings is 1. The van der Waals surface area contributed by atoms with Crippen molar-refractivity contribution in [3.8, 4) is 0 Å². The van der Waals surface area contributed by atoms with Crippen molar-refractivity contribution in [2.24, 2.45) is 11.1 Å². The molecule has 1 aromatic rings. The lowest BCUT2D eigenvalue weighted by Crippen LogP contribution is -2.55. The summed E-state index contributed by atoms with van der Waals surface area (Å²) in [6, 6.07) is 3.79. The van der Waals surface area contributed by atoms with Gasteiger partial charge in [0, 0.05) is 37.8 Å². The molecule has 160 valence electrons. The normalized spacial score (nSPS) is 24.5. The fourth-order valence-electron chi connectivity index (χ4n) is 4.58. The molecule has 4 amide bonds. The third kappa shape index (κ3) is 3.39. The average Bonchev–Trinajstić information content (AvgIpc) is 2.92. The molecule has 1 aromatic carbocycles. The Kier molecular flexibility index (Phi) is 4.94. The van der Waals surface area contributed by atoms with Crippen LogP contribution in [0.25, 0.3) is 0 Å². The average molecular weight is 420 g/mol. The van der Waals surface area contributed by atoms with Gasteiger partial charge in [-0.1, -0.05) is 12.1 Å². The highest BCUT2D eigenvalue weighted by atomic mass is 19.3. The van der Waals surface area contributed by atoms with Crippen LogP contribution in [0.3, 0.4) is 0 Å². The molecule has 8 nitrogen and oxygen atoms in total. The van der Waals surface area contributed by atoms with E-state index >= 15 is 0 Å². The number of piperidine rings is 1. The second kappa shape index (κ2) is 7.21. The molecule has 1 atom stereocenters. The van der Waals surface area contributed by atoms with Gasteiger partial charge in [0.1, 0.15) is 6.04 Å². The van der Waals surface area contributed by atoms with E-state index in [0.29, 0.717) is 5.56 Å². The Morgan fingerprint density at radius 3 is 2.53 bits per heavy atom. The van der Waals surface area contributed by atoms with E-state index < -0.39 is 41.0 Å². The summed E-state index contributed by atoms with van der Waals surface area (Å²) in [7, 11) is 0. The van der Waals surface area contributed by atoms with Crippen LogP contribution in [0, 0.1) is 5.41 Å². The number of imide groups is 2. The van der Waals surface area contributed by atoms with Gasteiger partial charge in [-0.05, 0) is 24.6 Å². The molecule has 1 saturated carbocycles. The number of fused-ring (bicyclic) bond motifs is 1. The van der Waals surface area contributed by atoms with Crippen molar-refractivity contribution in [2.75, 3.05) is 13.1 Å². The summed E-state index contributed by atoms with van der Waals surface area (Å²) in [4.78, 5) is 50.3. The molecule has 0 spiro atoms. The zero-order chi connectivity index (χ0) is 21.7. The molecule has 3 aliphatic rings. The van der Waals surface area contributed by atoms with Crippen LogP contribution in [0.4, 0.5) is 8.78 Å². The van der Waals surface area contributed by atoms with Gasteiger partial charge in [-0.25, -0.2) is 8.78 Å². The highest BCUT2D eigenvalue weighted by Crippen LogP contribution is 2.51. The number of amides is 4. The van der Waals surface area contributed by atoms with E-state index in [1.807, 2.05) is 0 Å². The minimum absolute atomic E-state index is 0.0457. The van der Waals surface area contributed by atoms with Crippen LogP contribution in [-0.2, 0) is 16.1 Å². The molecular weight excluding hydrogens is 398 g/mol. The van der Waals surface area contributed by atoms with Gasteiger partial charge < -0.3 is 11.1 Å². The van der Waals surface area contributed by atoms with E-state index in [1.54, 1.807) is 12.1 Å². The number of halogens is 2. The van der Waals surface area contributed by atoms with Crippen molar-refractivity contribution in [1.82, 2.24) is 15.5 Å². The van der Waals surface area contributed by atoms with Crippen molar-refractivity contribution < 1.29 is 28.0 Å². The molecule has 4 rings (SSSR count). The van der Waals surface area contributed by atoms with Gasteiger partial charge >= 0.3 is 0 Å². The first-order valence-corrected chi connectivity index (χ1v) is 9.78. The highest BCUT2D eigenvalue weighted by molar-refractivity contribution is 6.24. The van der Waals surface area contributed by atoms with Crippen LogP contribution in [-0.4, -0.2) is 53.6 Å². The SMILES string of the molecule is NCC1(CNCc2cccc3c2C(=O)N(C2CCC(=O)NC2=O)C3=O)CC(F)(F)C1. The number of nitrogens with two attached hydrogens (primary N) is 1. The fourth-order valence-corrected chi connectivity index (χ4v) is 4.58. The summed E-state index contributed by atoms with van der Waals surface area (Å²) in [5.41, 5.74) is 5.93. The molecule has 0 radical (unpaired) electrons. The second-order valence-corrected chi connectivity index (χ2v) is 8.30. The first-order chi connectivity index (χ1) is 14.2. The van der Waals surface area contributed by atoms with Crippen LogP contribution < -0.4 is 16.4 Å². The summed E-state index contributed by atoms with van der Waals surface area (Å²) < 4.78 is 26.6. The number of alkyl halides is 2. The van der Waals surface area contributed by atoms with Gasteiger partial charge in [-0.3, -0.25) is 29.4 Å².